The molecule has 3 atom stereocenters. The fourth-order valence-electron chi connectivity index (χ4n) is 5.46. The van der Waals surface area contributed by atoms with Gasteiger partial charge in [-0.15, -0.1) is 0 Å². The number of carbonyl (C=O) groups excluding carboxylic acids is 2. The molecular weight excluding hydrogens is 399 g/mol. The molecule has 1 aliphatic carbocycles. The Balaban J connectivity index is 1.58. The molecule has 0 radical (unpaired) electrons. The number of fused-ring (bicyclic) bond motifs is 2. The molecule has 164 valence electrons. The second-order valence-corrected chi connectivity index (χ2v) is 9.01. The zero-order valence-electron chi connectivity index (χ0n) is 17.7. The molecule has 1 aromatic rings. The van der Waals surface area contributed by atoms with Gasteiger partial charge in [-0.05, 0) is 51.1 Å². The summed E-state index contributed by atoms with van der Waals surface area (Å²) in [5, 5.41) is 13.6. The zero-order valence-corrected chi connectivity index (χ0v) is 17.7. The average molecular weight is 426 g/mol. The van der Waals surface area contributed by atoms with Crippen LogP contribution >= 0.6 is 0 Å². The Morgan fingerprint density at radius 3 is 2.77 bits per heavy atom. The molecule has 0 amide bonds. The van der Waals surface area contributed by atoms with Gasteiger partial charge in [0.2, 0.25) is 0 Å². The van der Waals surface area contributed by atoms with Crippen molar-refractivity contribution < 1.29 is 18.7 Å². The molecule has 0 bridgehead atoms. The van der Waals surface area contributed by atoms with Crippen LogP contribution in [-0.4, -0.2) is 56.6 Å². The number of ether oxygens (including phenoxy) is 1. The minimum atomic E-state index is -0.983. The molecule has 5 rings (SSSR count). The summed E-state index contributed by atoms with van der Waals surface area (Å²) < 4.78 is 20.5. The number of nitrogens with zero attached hydrogens (tertiary/aromatic N) is 3. The van der Waals surface area contributed by atoms with E-state index in [1.165, 1.54) is 6.07 Å². The van der Waals surface area contributed by atoms with Crippen LogP contribution in [0.15, 0.2) is 6.07 Å². The van der Waals surface area contributed by atoms with Crippen molar-refractivity contribution in [3.05, 3.63) is 23.0 Å². The quantitative estimate of drug-likeness (QED) is 0.584. The first-order chi connectivity index (χ1) is 15.0. The van der Waals surface area contributed by atoms with Crippen molar-refractivity contribution in [3.63, 3.8) is 0 Å². The molecule has 3 heterocycles. The number of hydrogen-bond acceptors (Lipinski definition) is 7. The van der Waals surface area contributed by atoms with Gasteiger partial charge in [0.15, 0.2) is 5.78 Å². The normalized spacial score (nSPS) is 27.5. The summed E-state index contributed by atoms with van der Waals surface area (Å²) in [5.41, 5.74) is 1.14. The highest BCUT2D eigenvalue weighted by atomic mass is 19.1. The van der Waals surface area contributed by atoms with Gasteiger partial charge < -0.3 is 19.9 Å². The van der Waals surface area contributed by atoms with Gasteiger partial charge in [-0.25, -0.2) is 4.39 Å². The molecule has 4 aliphatic rings. The van der Waals surface area contributed by atoms with E-state index in [1.807, 2.05) is 9.80 Å². The van der Waals surface area contributed by atoms with Crippen LogP contribution in [0.25, 0.3) is 0 Å². The van der Waals surface area contributed by atoms with Crippen LogP contribution in [0.2, 0.25) is 0 Å². The van der Waals surface area contributed by atoms with E-state index in [2.05, 4.69) is 11.4 Å². The van der Waals surface area contributed by atoms with Crippen LogP contribution in [-0.2, 0) is 9.53 Å². The summed E-state index contributed by atoms with van der Waals surface area (Å²) in [7, 11) is 0. The first kappa shape index (κ1) is 20.3. The van der Waals surface area contributed by atoms with Gasteiger partial charge in [0.25, 0.3) is 0 Å². The van der Waals surface area contributed by atoms with Crippen molar-refractivity contribution in [2.24, 2.45) is 11.8 Å². The first-order valence-corrected chi connectivity index (χ1v) is 11.3. The van der Waals surface area contributed by atoms with Crippen LogP contribution in [0.1, 0.15) is 48.5 Å². The molecule has 3 unspecified atom stereocenters. The van der Waals surface area contributed by atoms with Crippen molar-refractivity contribution >= 4 is 23.1 Å². The van der Waals surface area contributed by atoms with Gasteiger partial charge in [-0.2, -0.15) is 5.26 Å². The maximum atomic E-state index is 15.4. The van der Waals surface area contributed by atoms with E-state index in [-0.39, 0.29) is 30.3 Å². The van der Waals surface area contributed by atoms with Crippen molar-refractivity contribution in [2.45, 2.75) is 44.7 Å². The van der Waals surface area contributed by atoms with Gasteiger partial charge in [0, 0.05) is 37.3 Å². The van der Waals surface area contributed by atoms with E-state index >= 15 is 4.39 Å². The lowest BCUT2D eigenvalue weighted by atomic mass is 9.88. The molecule has 0 aromatic heterocycles. The molecule has 8 heteroatoms. The number of esters is 1. The molecule has 1 saturated carbocycles. The Bertz CT molecular complexity index is 957. The van der Waals surface area contributed by atoms with Crippen LogP contribution in [0.5, 0.6) is 0 Å². The fourth-order valence-corrected chi connectivity index (χ4v) is 5.46. The molecule has 1 N–H and O–H groups in total. The number of nitriles is 1. The van der Waals surface area contributed by atoms with Gasteiger partial charge in [0.05, 0.1) is 18.0 Å². The molecular formula is C23H27FN4O3. The maximum Gasteiger partial charge on any atom is 0.318 e. The Morgan fingerprint density at radius 2 is 2.10 bits per heavy atom. The van der Waals surface area contributed by atoms with Crippen molar-refractivity contribution in [2.75, 3.05) is 42.6 Å². The predicted molar refractivity (Wildman–Crippen MR) is 113 cm³/mol. The van der Waals surface area contributed by atoms with E-state index in [9.17, 15) is 14.9 Å². The average Bonchev–Trinajstić information content (AvgIpc) is 3.51. The highest BCUT2D eigenvalue weighted by Crippen LogP contribution is 2.45. The minimum Gasteiger partial charge on any atom is -0.465 e. The van der Waals surface area contributed by atoms with E-state index < -0.39 is 23.5 Å². The molecule has 3 fully saturated rings. The third-order valence-electron chi connectivity index (χ3n) is 7.06. The summed E-state index contributed by atoms with van der Waals surface area (Å²) in [5.74, 6) is -2.15. The molecule has 31 heavy (non-hydrogen) atoms. The number of anilines is 2. The number of carbonyl (C=O) groups is 2. The number of halogens is 1. The van der Waals surface area contributed by atoms with Gasteiger partial charge in [0.1, 0.15) is 23.4 Å². The molecule has 7 nitrogen and oxygen atoms in total. The molecule has 1 aromatic carbocycles. The summed E-state index contributed by atoms with van der Waals surface area (Å²) in [6.07, 6.45) is 4.06. The van der Waals surface area contributed by atoms with Crippen LogP contribution < -0.4 is 15.1 Å². The highest BCUT2D eigenvalue weighted by molar-refractivity contribution is 6.15. The summed E-state index contributed by atoms with van der Waals surface area (Å²) >= 11 is 0. The van der Waals surface area contributed by atoms with Gasteiger partial charge in [-0.3, -0.25) is 9.59 Å². The van der Waals surface area contributed by atoms with E-state index in [0.29, 0.717) is 36.4 Å². The number of piperidine rings is 1. The standard InChI is InChI=1S/C23H27FN4O3/c1-2-31-23(30)17-11-28(14-5-6-14)20-15(22(17)29)8-18(24)21(16(20)9-25)27-10-13-4-3-7-26-19(13)12-27/h8,13-14,17,19,26H,2-7,10-12H2,1H3. The molecule has 2 saturated heterocycles. The SMILES string of the molecule is CCOC(=O)C1CN(C2CC2)c2c(cc(F)c(N3CC4CCCNC4C3)c2C#N)C1=O. The first-order valence-electron chi connectivity index (χ1n) is 11.3. The van der Waals surface area contributed by atoms with E-state index in [1.54, 1.807) is 6.92 Å². The lowest BCUT2D eigenvalue weighted by Crippen LogP contribution is -2.45. The van der Waals surface area contributed by atoms with Crippen molar-refractivity contribution in [1.82, 2.24) is 5.32 Å². The Kier molecular flexibility index (Phi) is 5.09. The van der Waals surface area contributed by atoms with Gasteiger partial charge >= 0.3 is 5.97 Å². The second-order valence-electron chi connectivity index (χ2n) is 9.01. The Hall–Kier alpha value is -2.66. The van der Waals surface area contributed by atoms with Gasteiger partial charge in [-0.1, -0.05) is 0 Å². The molecule has 3 aliphatic heterocycles. The van der Waals surface area contributed by atoms with Crippen LogP contribution in [0.4, 0.5) is 15.8 Å². The van der Waals surface area contributed by atoms with Crippen molar-refractivity contribution in [1.29, 1.82) is 5.26 Å². The highest BCUT2D eigenvalue weighted by Gasteiger charge is 2.46. The predicted octanol–water partition coefficient (Wildman–Crippen LogP) is 2.23. The second kappa shape index (κ2) is 7.79. The number of benzene rings is 1. The summed E-state index contributed by atoms with van der Waals surface area (Å²) in [6.45, 7) is 4.37. The number of Topliss-reactive ketones (excluding diaryl/α,β-unsaturated/α-hetero) is 1. The number of rotatable bonds is 4. The topological polar surface area (TPSA) is 85.7 Å². The Morgan fingerprint density at radius 1 is 1.29 bits per heavy atom. The summed E-state index contributed by atoms with van der Waals surface area (Å²) in [4.78, 5) is 29.5. The lowest BCUT2D eigenvalue weighted by molar-refractivity contribution is -0.145. The summed E-state index contributed by atoms with van der Waals surface area (Å²) in [6, 6.07) is 3.91. The minimum absolute atomic E-state index is 0.128. The Labute approximate surface area is 181 Å². The van der Waals surface area contributed by atoms with Crippen molar-refractivity contribution in [3.8, 4) is 6.07 Å². The number of hydrogen-bond donors (Lipinski definition) is 1. The largest absolute Gasteiger partial charge is 0.465 e. The number of nitrogens with one attached hydrogen (secondary N) is 1. The third kappa shape index (κ3) is 3.35. The fraction of sp³-hybridized carbons (Fsp3) is 0.609. The monoisotopic (exact) mass is 426 g/mol. The lowest BCUT2D eigenvalue weighted by Gasteiger charge is -2.36. The maximum absolute atomic E-state index is 15.4. The zero-order chi connectivity index (χ0) is 21.7. The van der Waals surface area contributed by atoms with Crippen LogP contribution in [0, 0.1) is 29.0 Å². The van der Waals surface area contributed by atoms with E-state index in [0.717, 1.165) is 32.2 Å². The smallest absolute Gasteiger partial charge is 0.318 e. The van der Waals surface area contributed by atoms with Crippen LogP contribution in [0.3, 0.4) is 0 Å². The molecule has 0 spiro atoms. The third-order valence-corrected chi connectivity index (χ3v) is 7.06. The van der Waals surface area contributed by atoms with E-state index in [4.69, 9.17) is 4.74 Å². The number of ketones is 1.